The number of anilines is 1. The summed E-state index contributed by atoms with van der Waals surface area (Å²) in [5.41, 5.74) is 3.07. The van der Waals surface area contributed by atoms with E-state index in [0.717, 1.165) is 33.4 Å². The van der Waals surface area contributed by atoms with Crippen molar-refractivity contribution in [3.8, 4) is 16.2 Å². The van der Waals surface area contributed by atoms with Crippen molar-refractivity contribution in [2.24, 2.45) is 0 Å². The van der Waals surface area contributed by atoms with Crippen LogP contribution in [0.4, 0.5) is 5.69 Å². The van der Waals surface area contributed by atoms with Crippen molar-refractivity contribution >= 4 is 48.4 Å². The van der Waals surface area contributed by atoms with Gasteiger partial charge in [-0.1, -0.05) is 20.8 Å². The maximum absolute atomic E-state index is 12.9. The highest BCUT2D eigenvalue weighted by atomic mass is 32.1. The van der Waals surface area contributed by atoms with E-state index in [4.69, 9.17) is 4.43 Å². The van der Waals surface area contributed by atoms with Crippen LogP contribution in [0.25, 0.3) is 21.3 Å². The van der Waals surface area contributed by atoms with Crippen LogP contribution in [0.1, 0.15) is 40.8 Å². The summed E-state index contributed by atoms with van der Waals surface area (Å²) in [7, 11) is -1.91. The molecule has 1 amide bonds. The quantitative estimate of drug-likeness (QED) is 0.227. The Labute approximate surface area is 204 Å². The number of nitrogens with one attached hydrogen (secondary N) is 1. The molecule has 0 unspecified atom stereocenters. The second-order valence-electron chi connectivity index (χ2n) is 9.76. The first-order chi connectivity index (χ1) is 16.1. The SMILES string of the molecule is CC(C)(C)[Si](C)(C)Oc1ccc(NC(=O)c2ccc(-c3ccnc4ccc(C=O)cc34)s2)cc1. The van der Waals surface area contributed by atoms with Gasteiger partial charge in [-0.2, -0.15) is 0 Å². The monoisotopic (exact) mass is 488 g/mol. The fourth-order valence-electron chi connectivity index (χ4n) is 3.30. The lowest BCUT2D eigenvalue weighted by Gasteiger charge is -2.36. The van der Waals surface area contributed by atoms with Gasteiger partial charge in [-0.3, -0.25) is 14.6 Å². The van der Waals surface area contributed by atoms with Gasteiger partial charge in [0.15, 0.2) is 0 Å². The zero-order valence-electron chi connectivity index (χ0n) is 20.0. The molecule has 0 atom stereocenters. The van der Waals surface area contributed by atoms with Crippen LogP contribution in [0.2, 0.25) is 18.1 Å². The second-order valence-corrected chi connectivity index (χ2v) is 15.6. The summed E-state index contributed by atoms with van der Waals surface area (Å²) in [6.45, 7) is 11.0. The lowest BCUT2D eigenvalue weighted by molar-refractivity contribution is 0.103. The van der Waals surface area contributed by atoms with Gasteiger partial charge in [0.05, 0.1) is 10.4 Å². The molecule has 174 valence electrons. The molecule has 0 fully saturated rings. The number of fused-ring (bicyclic) bond motifs is 1. The van der Waals surface area contributed by atoms with E-state index in [-0.39, 0.29) is 10.9 Å². The van der Waals surface area contributed by atoms with Gasteiger partial charge in [-0.25, -0.2) is 0 Å². The van der Waals surface area contributed by atoms with Gasteiger partial charge in [0.25, 0.3) is 5.91 Å². The first-order valence-corrected chi connectivity index (χ1v) is 14.8. The Morgan fingerprint density at radius 1 is 1.03 bits per heavy atom. The summed E-state index contributed by atoms with van der Waals surface area (Å²) in [6, 6.07) is 18.6. The van der Waals surface area contributed by atoms with Crippen LogP contribution in [0.15, 0.2) is 66.9 Å². The minimum atomic E-state index is -1.91. The van der Waals surface area contributed by atoms with Gasteiger partial charge in [-0.05, 0) is 78.8 Å². The van der Waals surface area contributed by atoms with Crippen molar-refractivity contribution in [3.63, 3.8) is 0 Å². The Bertz CT molecular complexity index is 1350. The Morgan fingerprint density at radius 2 is 1.76 bits per heavy atom. The number of hydrogen-bond donors (Lipinski definition) is 1. The number of aromatic nitrogens is 1. The van der Waals surface area contributed by atoms with Crippen molar-refractivity contribution in [2.75, 3.05) is 5.32 Å². The summed E-state index contributed by atoms with van der Waals surface area (Å²) in [5, 5.41) is 3.97. The van der Waals surface area contributed by atoms with Gasteiger partial charge in [-0.15, -0.1) is 11.3 Å². The molecule has 0 saturated carbocycles. The van der Waals surface area contributed by atoms with Crippen molar-refractivity contribution < 1.29 is 14.0 Å². The maximum atomic E-state index is 12.9. The van der Waals surface area contributed by atoms with E-state index in [0.29, 0.717) is 16.1 Å². The molecule has 0 spiro atoms. The van der Waals surface area contributed by atoms with E-state index in [1.807, 2.05) is 54.6 Å². The maximum Gasteiger partial charge on any atom is 0.265 e. The average Bonchev–Trinajstić information content (AvgIpc) is 3.29. The molecule has 0 aliphatic rings. The number of amides is 1. The fourth-order valence-corrected chi connectivity index (χ4v) is 5.28. The number of hydrogen-bond acceptors (Lipinski definition) is 5. The highest BCUT2D eigenvalue weighted by Crippen LogP contribution is 2.38. The van der Waals surface area contributed by atoms with Crippen molar-refractivity contribution in [1.29, 1.82) is 0 Å². The van der Waals surface area contributed by atoms with Gasteiger partial charge in [0.1, 0.15) is 12.0 Å². The molecule has 7 heteroatoms. The van der Waals surface area contributed by atoms with Crippen LogP contribution in [-0.2, 0) is 0 Å². The van der Waals surface area contributed by atoms with Gasteiger partial charge >= 0.3 is 0 Å². The molecule has 2 aromatic carbocycles. The highest BCUT2D eigenvalue weighted by molar-refractivity contribution is 7.17. The molecule has 0 aliphatic carbocycles. The highest BCUT2D eigenvalue weighted by Gasteiger charge is 2.38. The normalized spacial score (nSPS) is 11.9. The third-order valence-corrected chi connectivity index (χ3v) is 11.8. The number of aldehydes is 1. The number of nitrogens with zero attached hydrogens (tertiary/aromatic N) is 1. The third kappa shape index (κ3) is 4.95. The van der Waals surface area contributed by atoms with Gasteiger partial charge in [0, 0.05) is 33.3 Å². The average molecular weight is 489 g/mol. The van der Waals surface area contributed by atoms with Crippen LogP contribution < -0.4 is 9.74 Å². The zero-order chi connectivity index (χ0) is 24.5. The largest absolute Gasteiger partial charge is 0.544 e. The standard InChI is InChI=1S/C27H28N2O3SSi/c1-27(2,3)34(4,5)32-20-9-7-19(8-10-20)29-26(31)25-13-12-24(33-25)21-14-15-28-23-11-6-18(17-30)16-22(21)23/h6-17H,1-5H3,(H,29,31). The number of carbonyl (C=O) groups is 2. The van der Waals surface area contributed by atoms with Crippen LogP contribution in [0.5, 0.6) is 5.75 Å². The molecule has 2 aromatic heterocycles. The molecule has 1 N–H and O–H groups in total. The van der Waals surface area contributed by atoms with Crippen LogP contribution in [0.3, 0.4) is 0 Å². The van der Waals surface area contributed by atoms with E-state index in [1.54, 1.807) is 12.3 Å². The molecular formula is C27H28N2O3SSi. The summed E-state index contributed by atoms with van der Waals surface area (Å²) in [6.07, 6.45) is 2.57. The number of carbonyl (C=O) groups excluding carboxylic acids is 2. The second kappa shape index (κ2) is 9.16. The van der Waals surface area contributed by atoms with E-state index in [1.165, 1.54) is 11.3 Å². The molecule has 0 bridgehead atoms. The summed E-state index contributed by atoms with van der Waals surface area (Å²) in [5.74, 6) is 0.656. The van der Waals surface area contributed by atoms with E-state index in [9.17, 15) is 9.59 Å². The zero-order valence-corrected chi connectivity index (χ0v) is 21.8. The summed E-state index contributed by atoms with van der Waals surface area (Å²) in [4.78, 5) is 30.0. The van der Waals surface area contributed by atoms with Crippen LogP contribution >= 0.6 is 11.3 Å². The molecule has 0 saturated heterocycles. The number of benzene rings is 2. The molecular weight excluding hydrogens is 460 g/mol. The number of rotatable bonds is 6. The smallest absolute Gasteiger partial charge is 0.265 e. The first-order valence-electron chi connectivity index (χ1n) is 11.1. The minimum Gasteiger partial charge on any atom is -0.544 e. The van der Waals surface area contributed by atoms with Gasteiger partial charge < -0.3 is 9.74 Å². The molecule has 2 heterocycles. The number of pyridine rings is 1. The Morgan fingerprint density at radius 3 is 2.44 bits per heavy atom. The topological polar surface area (TPSA) is 68.3 Å². The van der Waals surface area contributed by atoms with Crippen molar-refractivity contribution in [1.82, 2.24) is 4.98 Å². The third-order valence-electron chi connectivity index (χ3n) is 6.29. The Balaban J connectivity index is 1.51. The Kier molecular flexibility index (Phi) is 6.42. The molecule has 4 rings (SSSR count). The number of thiophene rings is 1. The lowest BCUT2D eigenvalue weighted by atomic mass is 10.1. The van der Waals surface area contributed by atoms with Crippen molar-refractivity contribution in [3.05, 3.63) is 77.3 Å². The molecule has 34 heavy (non-hydrogen) atoms. The van der Waals surface area contributed by atoms with Crippen LogP contribution in [-0.4, -0.2) is 25.5 Å². The van der Waals surface area contributed by atoms with Crippen LogP contribution in [0, 0.1) is 0 Å². The van der Waals surface area contributed by atoms with E-state index in [2.05, 4.69) is 44.2 Å². The Hall–Kier alpha value is -3.29. The molecule has 5 nitrogen and oxygen atoms in total. The summed E-state index contributed by atoms with van der Waals surface area (Å²) < 4.78 is 6.32. The lowest BCUT2D eigenvalue weighted by Crippen LogP contribution is -2.43. The fraction of sp³-hybridized carbons (Fsp3) is 0.222. The predicted octanol–water partition coefficient (Wildman–Crippen LogP) is 7.41. The van der Waals surface area contributed by atoms with E-state index < -0.39 is 8.32 Å². The van der Waals surface area contributed by atoms with E-state index >= 15 is 0 Å². The van der Waals surface area contributed by atoms with Gasteiger partial charge in [0.2, 0.25) is 8.32 Å². The summed E-state index contributed by atoms with van der Waals surface area (Å²) >= 11 is 1.41. The predicted molar refractivity (Wildman–Crippen MR) is 143 cm³/mol. The molecule has 0 aliphatic heterocycles. The minimum absolute atomic E-state index is 0.117. The first kappa shape index (κ1) is 23.9. The van der Waals surface area contributed by atoms with Crippen molar-refractivity contribution in [2.45, 2.75) is 38.9 Å². The molecule has 0 radical (unpaired) electrons. The molecule has 4 aromatic rings.